The monoisotopic (exact) mass is 368 g/mol. The fraction of sp³-hybridized carbons (Fsp3) is 0.250. The summed E-state index contributed by atoms with van der Waals surface area (Å²) >= 11 is 0. The number of fused-ring (bicyclic) bond motifs is 1. The van der Waals surface area contributed by atoms with E-state index in [0.29, 0.717) is 29.8 Å². The lowest BCUT2D eigenvalue weighted by Crippen LogP contribution is -2.15. The number of nitrogens with zero attached hydrogens (tertiary/aromatic N) is 4. The maximum atomic E-state index is 15.5. The number of benzene rings is 2. The maximum Gasteiger partial charge on any atom is 0.189 e. The molecule has 0 fully saturated rings. The van der Waals surface area contributed by atoms with Gasteiger partial charge in [-0.05, 0) is 36.1 Å². The van der Waals surface area contributed by atoms with Crippen molar-refractivity contribution in [1.29, 1.82) is 0 Å². The number of aryl methyl sites for hydroxylation is 2. The molecule has 0 bridgehead atoms. The van der Waals surface area contributed by atoms with Crippen molar-refractivity contribution in [3.8, 4) is 11.1 Å². The Morgan fingerprint density at radius 1 is 1.19 bits per heavy atom. The van der Waals surface area contributed by atoms with Crippen molar-refractivity contribution in [2.75, 3.05) is 0 Å². The summed E-state index contributed by atoms with van der Waals surface area (Å²) in [7, 11) is 0. The molecular weight excluding hydrogens is 350 g/mol. The molecule has 0 aliphatic carbocycles. The fourth-order valence-electron chi connectivity index (χ4n) is 3.37. The lowest BCUT2D eigenvalue weighted by Gasteiger charge is -2.17. The minimum Gasteiger partial charge on any atom is -0.342 e. The van der Waals surface area contributed by atoms with Crippen LogP contribution < -0.4 is 5.43 Å². The highest BCUT2D eigenvalue weighted by atomic mass is 19.1. The predicted molar refractivity (Wildman–Crippen MR) is 101 cm³/mol. The van der Waals surface area contributed by atoms with Gasteiger partial charge in [0.25, 0.3) is 0 Å². The third-order valence-electron chi connectivity index (χ3n) is 4.58. The summed E-state index contributed by atoms with van der Waals surface area (Å²) in [5.74, 6) is -1.56. The van der Waals surface area contributed by atoms with Crippen LogP contribution in [0.25, 0.3) is 32.5 Å². The van der Waals surface area contributed by atoms with Crippen LogP contribution in [-0.4, -0.2) is 4.57 Å². The van der Waals surface area contributed by atoms with Crippen LogP contribution in [0.5, 0.6) is 0 Å². The summed E-state index contributed by atoms with van der Waals surface area (Å²) in [5, 5.41) is 3.51. The number of azide groups is 1. The molecule has 0 N–H and O–H groups in total. The van der Waals surface area contributed by atoms with Gasteiger partial charge in [-0.1, -0.05) is 36.3 Å². The molecule has 5 nitrogen and oxygen atoms in total. The van der Waals surface area contributed by atoms with Crippen molar-refractivity contribution < 1.29 is 8.78 Å². The number of rotatable bonds is 5. The molecular formula is C20H18F2N4O. The Hall–Kier alpha value is -3.18. The number of hydrogen-bond donors (Lipinski definition) is 0. The Morgan fingerprint density at radius 2 is 1.96 bits per heavy atom. The van der Waals surface area contributed by atoms with Gasteiger partial charge in [0.05, 0.1) is 23.0 Å². The molecule has 3 aromatic rings. The Labute approximate surface area is 154 Å². The average Bonchev–Trinajstić information content (AvgIpc) is 2.67. The number of hydrogen-bond acceptors (Lipinski definition) is 2. The molecule has 138 valence electrons. The van der Waals surface area contributed by atoms with Crippen LogP contribution in [0.15, 0.2) is 46.3 Å². The molecule has 0 unspecified atom stereocenters. The van der Waals surface area contributed by atoms with Crippen molar-refractivity contribution in [3.05, 3.63) is 80.0 Å². The van der Waals surface area contributed by atoms with E-state index in [0.717, 1.165) is 6.07 Å². The summed E-state index contributed by atoms with van der Waals surface area (Å²) in [6.07, 6.45) is 0.562. The molecule has 0 aliphatic heterocycles. The molecule has 0 aliphatic rings. The zero-order chi connectivity index (χ0) is 19.6. The first kappa shape index (κ1) is 18.6. The third-order valence-corrected chi connectivity index (χ3v) is 4.58. The Bertz CT molecular complexity index is 1130. The minimum atomic E-state index is -0.801. The molecule has 0 saturated heterocycles. The first-order chi connectivity index (χ1) is 13.0. The van der Waals surface area contributed by atoms with Gasteiger partial charge in [-0.15, -0.1) is 0 Å². The normalized spacial score (nSPS) is 10.8. The van der Waals surface area contributed by atoms with Crippen LogP contribution >= 0.6 is 0 Å². The molecule has 0 amide bonds. The van der Waals surface area contributed by atoms with Crippen LogP contribution in [0.4, 0.5) is 8.78 Å². The van der Waals surface area contributed by atoms with Gasteiger partial charge in [-0.25, -0.2) is 8.78 Å². The first-order valence-corrected chi connectivity index (χ1v) is 8.66. The Morgan fingerprint density at radius 3 is 2.63 bits per heavy atom. The smallest absolute Gasteiger partial charge is 0.189 e. The predicted octanol–water partition coefficient (Wildman–Crippen LogP) is 5.34. The van der Waals surface area contributed by atoms with Crippen LogP contribution in [-0.2, 0) is 19.5 Å². The number of aromatic nitrogens is 1. The van der Waals surface area contributed by atoms with E-state index in [1.54, 1.807) is 28.8 Å². The van der Waals surface area contributed by atoms with Gasteiger partial charge in [-0.3, -0.25) is 4.79 Å². The summed E-state index contributed by atoms with van der Waals surface area (Å²) in [4.78, 5) is 15.1. The summed E-state index contributed by atoms with van der Waals surface area (Å²) in [5.41, 5.74) is 9.64. The van der Waals surface area contributed by atoms with Crippen LogP contribution in [0.1, 0.15) is 25.1 Å². The Kier molecular flexibility index (Phi) is 5.23. The van der Waals surface area contributed by atoms with E-state index in [1.165, 1.54) is 6.07 Å². The lowest BCUT2D eigenvalue weighted by molar-refractivity contribution is 0.588. The highest BCUT2D eigenvalue weighted by Gasteiger charge is 2.20. The summed E-state index contributed by atoms with van der Waals surface area (Å²) in [6.45, 7) is 4.28. The van der Waals surface area contributed by atoms with Gasteiger partial charge in [-0.2, -0.15) is 0 Å². The van der Waals surface area contributed by atoms with E-state index >= 15 is 4.39 Å². The van der Waals surface area contributed by atoms with E-state index in [2.05, 4.69) is 10.0 Å². The highest BCUT2D eigenvalue weighted by molar-refractivity contribution is 5.86. The van der Waals surface area contributed by atoms with Crippen molar-refractivity contribution in [3.63, 3.8) is 0 Å². The summed E-state index contributed by atoms with van der Waals surface area (Å²) in [6, 6.07) is 9.07. The van der Waals surface area contributed by atoms with E-state index in [1.807, 2.05) is 13.8 Å². The van der Waals surface area contributed by atoms with E-state index in [4.69, 9.17) is 5.53 Å². The van der Waals surface area contributed by atoms with Crippen LogP contribution in [0.3, 0.4) is 0 Å². The zero-order valence-electron chi connectivity index (χ0n) is 15.0. The van der Waals surface area contributed by atoms with Gasteiger partial charge < -0.3 is 4.57 Å². The molecule has 2 aromatic carbocycles. The lowest BCUT2D eigenvalue weighted by atomic mass is 9.99. The van der Waals surface area contributed by atoms with E-state index in [-0.39, 0.29) is 23.0 Å². The molecule has 0 radical (unpaired) electrons. The van der Waals surface area contributed by atoms with E-state index < -0.39 is 17.1 Å². The molecule has 0 spiro atoms. The molecule has 27 heavy (non-hydrogen) atoms. The van der Waals surface area contributed by atoms with Crippen molar-refractivity contribution in [2.24, 2.45) is 5.11 Å². The highest BCUT2D eigenvalue weighted by Crippen LogP contribution is 2.32. The van der Waals surface area contributed by atoms with Gasteiger partial charge in [0.2, 0.25) is 0 Å². The minimum absolute atomic E-state index is 0.0260. The fourth-order valence-corrected chi connectivity index (χ4v) is 3.37. The van der Waals surface area contributed by atoms with Crippen LogP contribution in [0.2, 0.25) is 0 Å². The maximum absolute atomic E-state index is 15.5. The van der Waals surface area contributed by atoms with Gasteiger partial charge >= 0.3 is 0 Å². The molecule has 1 heterocycles. The largest absolute Gasteiger partial charge is 0.342 e. The summed E-state index contributed by atoms with van der Waals surface area (Å²) < 4.78 is 31.9. The van der Waals surface area contributed by atoms with Gasteiger partial charge in [0.15, 0.2) is 11.2 Å². The van der Waals surface area contributed by atoms with Gasteiger partial charge in [0, 0.05) is 23.2 Å². The molecule has 1 aromatic heterocycles. The third kappa shape index (κ3) is 3.29. The molecule has 3 rings (SSSR count). The molecule has 0 atom stereocenters. The quantitative estimate of drug-likeness (QED) is 0.340. The van der Waals surface area contributed by atoms with E-state index in [9.17, 15) is 9.18 Å². The first-order valence-electron chi connectivity index (χ1n) is 8.66. The van der Waals surface area contributed by atoms with Gasteiger partial charge in [0.1, 0.15) is 5.82 Å². The second-order valence-electron chi connectivity index (χ2n) is 6.13. The second-order valence-corrected chi connectivity index (χ2v) is 6.13. The molecule has 0 saturated carbocycles. The topological polar surface area (TPSA) is 70.8 Å². The van der Waals surface area contributed by atoms with Crippen molar-refractivity contribution in [2.45, 2.75) is 33.4 Å². The SMILES string of the molecule is CCc1cc(=O)c2cc(F)c(-c3cccc(CN=[N+]=[N-])c3)c(F)c2n1CC. The second kappa shape index (κ2) is 7.60. The van der Waals surface area contributed by atoms with Crippen molar-refractivity contribution in [1.82, 2.24) is 4.57 Å². The Balaban J connectivity index is 2.35. The zero-order valence-corrected chi connectivity index (χ0v) is 15.0. The number of pyridine rings is 1. The molecule has 7 heteroatoms. The standard InChI is InChI=1S/C20H18F2N4O/c1-3-14-9-17(27)15-10-16(21)18(19(22)20(15)26(14)4-2)13-7-5-6-12(8-13)11-24-25-23/h5-10H,3-4,11H2,1-2H3. The van der Waals surface area contributed by atoms with Crippen LogP contribution in [0, 0.1) is 11.6 Å². The van der Waals surface area contributed by atoms with Crippen molar-refractivity contribution >= 4 is 10.9 Å². The number of halogens is 2. The average molecular weight is 368 g/mol.